The number of aliphatic carboxylic acids is 1. The Morgan fingerprint density at radius 3 is 2.56 bits per heavy atom. The molecule has 27 heavy (non-hydrogen) atoms. The van der Waals surface area contributed by atoms with E-state index in [0.717, 1.165) is 11.8 Å². The highest BCUT2D eigenvalue weighted by molar-refractivity contribution is 8.18. The number of rotatable bonds is 5. The predicted molar refractivity (Wildman–Crippen MR) is 101 cm³/mol. The molecule has 0 radical (unpaired) electrons. The van der Waals surface area contributed by atoms with Gasteiger partial charge in [0.2, 0.25) is 0 Å². The Morgan fingerprint density at radius 2 is 1.81 bits per heavy atom. The minimum atomic E-state index is -1.10. The Bertz CT molecular complexity index is 954. The van der Waals surface area contributed by atoms with Crippen LogP contribution < -0.4 is 10.1 Å². The molecule has 3 rings (SSSR count). The van der Waals surface area contributed by atoms with E-state index in [4.69, 9.17) is 9.84 Å². The molecule has 0 bridgehead atoms. The van der Waals surface area contributed by atoms with E-state index in [1.807, 2.05) is 0 Å². The van der Waals surface area contributed by atoms with Gasteiger partial charge in [-0.15, -0.1) is 0 Å². The number of amides is 2. The highest BCUT2D eigenvalue weighted by Gasteiger charge is 2.25. The van der Waals surface area contributed by atoms with E-state index in [9.17, 15) is 14.4 Å². The Morgan fingerprint density at radius 1 is 1.11 bits per heavy atom. The average molecular weight is 382 g/mol. The molecule has 1 saturated heterocycles. The third-order valence-electron chi connectivity index (χ3n) is 3.43. The molecular formula is C19H14N2O5S. The van der Waals surface area contributed by atoms with Gasteiger partial charge in [-0.25, -0.2) is 4.79 Å². The van der Waals surface area contributed by atoms with Crippen LogP contribution in [0.25, 0.3) is 6.08 Å². The van der Waals surface area contributed by atoms with Crippen molar-refractivity contribution in [3.8, 4) is 5.75 Å². The molecule has 0 spiro atoms. The molecule has 2 amide bonds. The lowest BCUT2D eigenvalue weighted by molar-refractivity contribution is -0.139. The minimum Gasteiger partial charge on any atom is -0.481 e. The second-order valence-electron chi connectivity index (χ2n) is 5.37. The number of carboxylic acid groups (broad SMARTS) is 1. The summed E-state index contributed by atoms with van der Waals surface area (Å²) >= 11 is 1.03. The number of ether oxygens (including phenoxy) is 1. The molecule has 2 N–H and O–H groups in total. The van der Waals surface area contributed by atoms with Gasteiger partial charge in [0.25, 0.3) is 11.8 Å². The number of nitrogens with zero attached hydrogens (tertiary/aromatic N) is 1. The number of amidine groups is 1. The highest BCUT2D eigenvalue weighted by Crippen LogP contribution is 2.29. The van der Waals surface area contributed by atoms with Crippen LogP contribution in [0.5, 0.6) is 5.75 Å². The topological polar surface area (TPSA) is 105 Å². The van der Waals surface area contributed by atoms with E-state index in [1.54, 1.807) is 60.7 Å². The summed E-state index contributed by atoms with van der Waals surface area (Å²) in [5.74, 6) is -1.61. The van der Waals surface area contributed by atoms with Crippen LogP contribution in [0.3, 0.4) is 0 Å². The zero-order valence-electron chi connectivity index (χ0n) is 13.9. The van der Waals surface area contributed by atoms with Crippen molar-refractivity contribution in [2.75, 3.05) is 6.61 Å². The fraction of sp³-hybridized carbons (Fsp3) is 0.0526. The molecule has 7 nitrogen and oxygen atoms in total. The highest BCUT2D eigenvalue weighted by atomic mass is 32.2. The Labute approximate surface area is 158 Å². The van der Waals surface area contributed by atoms with Crippen LogP contribution in [-0.4, -0.2) is 34.7 Å². The van der Waals surface area contributed by atoms with Crippen molar-refractivity contribution in [1.29, 1.82) is 0 Å². The maximum absolute atomic E-state index is 12.2. The maximum atomic E-state index is 12.2. The number of aliphatic imine (C=N–C) groups is 1. The third-order valence-corrected chi connectivity index (χ3v) is 4.34. The smallest absolute Gasteiger partial charge is 0.341 e. The van der Waals surface area contributed by atoms with Crippen LogP contribution in [0, 0.1) is 0 Å². The molecule has 136 valence electrons. The van der Waals surface area contributed by atoms with Gasteiger partial charge in [0, 0.05) is 11.1 Å². The summed E-state index contributed by atoms with van der Waals surface area (Å²) in [6.45, 7) is -0.488. The van der Waals surface area contributed by atoms with E-state index in [0.29, 0.717) is 21.8 Å². The Balaban J connectivity index is 1.79. The molecule has 2 aromatic rings. The number of carboxylic acids is 1. The van der Waals surface area contributed by atoms with Crippen molar-refractivity contribution in [3.63, 3.8) is 0 Å². The van der Waals surface area contributed by atoms with E-state index in [2.05, 4.69) is 10.3 Å². The van der Waals surface area contributed by atoms with Gasteiger partial charge in [-0.05, 0) is 36.0 Å². The molecule has 1 aliphatic heterocycles. The van der Waals surface area contributed by atoms with Crippen LogP contribution in [0.2, 0.25) is 0 Å². The van der Waals surface area contributed by atoms with Gasteiger partial charge in [-0.2, -0.15) is 4.99 Å². The molecular weight excluding hydrogens is 368 g/mol. The quantitative estimate of drug-likeness (QED) is 0.770. The van der Waals surface area contributed by atoms with Crippen molar-refractivity contribution in [2.24, 2.45) is 4.99 Å². The van der Waals surface area contributed by atoms with E-state index in [1.165, 1.54) is 0 Å². The molecule has 8 heteroatoms. The summed E-state index contributed by atoms with van der Waals surface area (Å²) in [5, 5.41) is 11.5. The van der Waals surface area contributed by atoms with Gasteiger partial charge in [0.05, 0.1) is 4.91 Å². The lowest BCUT2D eigenvalue weighted by atomic mass is 10.2. The first kappa shape index (κ1) is 18.4. The number of para-hydroxylation sites is 1. The number of benzene rings is 2. The van der Waals surface area contributed by atoms with Crippen LogP contribution >= 0.6 is 11.8 Å². The van der Waals surface area contributed by atoms with E-state index < -0.39 is 24.4 Å². The van der Waals surface area contributed by atoms with Crippen molar-refractivity contribution in [2.45, 2.75) is 0 Å². The van der Waals surface area contributed by atoms with Gasteiger partial charge in [0.1, 0.15) is 5.75 Å². The monoisotopic (exact) mass is 382 g/mol. The molecule has 0 unspecified atom stereocenters. The first-order chi connectivity index (χ1) is 13.0. The number of nitrogens with one attached hydrogen (secondary N) is 1. The standard InChI is InChI=1S/C19H14N2O5S/c22-16(23)11-26-14-9-5-4-8-13(14)10-15-18(25)21-19(27-15)20-17(24)12-6-2-1-3-7-12/h1-10H,11H2,(H,22,23)(H,20,21,24,25)/b15-10-. The van der Waals surface area contributed by atoms with Crippen LogP contribution in [0.1, 0.15) is 15.9 Å². The normalized spacial score (nSPS) is 16.4. The van der Waals surface area contributed by atoms with Crippen molar-refractivity contribution < 1.29 is 24.2 Å². The number of carbonyl (C=O) groups is 3. The van der Waals surface area contributed by atoms with Crippen LogP contribution in [0.4, 0.5) is 0 Å². The molecule has 0 aromatic heterocycles. The minimum absolute atomic E-state index is 0.184. The second-order valence-corrected chi connectivity index (χ2v) is 6.40. The predicted octanol–water partition coefficient (Wildman–Crippen LogP) is 2.55. The summed E-state index contributed by atoms with van der Waals surface area (Å²) in [6, 6.07) is 15.3. The van der Waals surface area contributed by atoms with Gasteiger partial charge in [-0.1, -0.05) is 36.4 Å². The van der Waals surface area contributed by atoms with Crippen molar-refractivity contribution in [1.82, 2.24) is 5.32 Å². The van der Waals surface area contributed by atoms with Gasteiger partial charge >= 0.3 is 5.97 Å². The number of hydrogen-bond acceptors (Lipinski definition) is 5. The Kier molecular flexibility index (Phi) is 5.68. The first-order valence-corrected chi connectivity index (χ1v) is 8.67. The SMILES string of the molecule is O=C(O)COc1ccccc1/C=C1\SC(=NC(=O)c2ccccc2)NC1=O. The van der Waals surface area contributed by atoms with Crippen molar-refractivity contribution >= 4 is 40.8 Å². The van der Waals surface area contributed by atoms with Crippen LogP contribution in [-0.2, 0) is 9.59 Å². The summed E-state index contributed by atoms with van der Waals surface area (Å²) in [4.78, 5) is 39.2. The fourth-order valence-corrected chi connectivity index (χ4v) is 3.04. The average Bonchev–Trinajstić information content (AvgIpc) is 3.00. The van der Waals surface area contributed by atoms with E-state index in [-0.39, 0.29) is 5.17 Å². The number of hydrogen-bond donors (Lipinski definition) is 2. The maximum Gasteiger partial charge on any atom is 0.341 e. The summed E-state index contributed by atoms with van der Waals surface area (Å²) < 4.78 is 5.22. The Hall–Kier alpha value is -3.39. The largest absolute Gasteiger partial charge is 0.481 e. The molecule has 0 aliphatic carbocycles. The van der Waals surface area contributed by atoms with Gasteiger partial charge in [-0.3, -0.25) is 9.59 Å². The molecule has 1 aliphatic rings. The second kappa shape index (κ2) is 8.33. The summed E-state index contributed by atoms with van der Waals surface area (Å²) in [7, 11) is 0. The first-order valence-electron chi connectivity index (χ1n) is 7.85. The number of carbonyl (C=O) groups excluding carboxylic acids is 2. The van der Waals surface area contributed by atoms with Gasteiger partial charge in [0.15, 0.2) is 11.8 Å². The lowest BCUT2D eigenvalue weighted by Gasteiger charge is -2.06. The fourth-order valence-electron chi connectivity index (χ4n) is 2.23. The summed E-state index contributed by atoms with van der Waals surface area (Å²) in [6.07, 6.45) is 1.56. The lowest BCUT2D eigenvalue weighted by Crippen LogP contribution is -2.20. The molecule has 2 aromatic carbocycles. The van der Waals surface area contributed by atoms with Gasteiger partial charge < -0.3 is 15.2 Å². The molecule has 1 fully saturated rings. The third kappa shape index (κ3) is 4.83. The molecule has 1 heterocycles. The number of thioether (sulfide) groups is 1. The van der Waals surface area contributed by atoms with E-state index >= 15 is 0 Å². The molecule has 0 atom stereocenters. The van der Waals surface area contributed by atoms with Crippen LogP contribution in [0.15, 0.2) is 64.5 Å². The van der Waals surface area contributed by atoms with Crippen molar-refractivity contribution in [3.05, 3.63) is 70.6 Å². The zero-order valence-corrected chi connectivity index (χ0v) is 14.7. The summed E-state index contributed by atoms with van der Waals surface area (Å²) in [5.41, 5.74) is 0.969. The molecule has 0 saturated carbocycles. The zero-order chi connectivity index (χ0) is 19.2.